The van der Waals surface area contributed by atoms with Gasteiger partial charge in [-0.1, -0.05) is 30.3 Å². The smallest absolute Gasteiger partial charge is 0.266 e. The van der Waals surface area contributed by atoms with Gasteiger partial charge in [0, 0.05) is 58.1 Å². The van der Waals surface area contributed by atoms with Gasteiger partial charge in [0.2, 0.25) is 0 Å². The van der Waals surface area contributed by atoms with Crippen LogP contribution in [0.4, 0.5) is 0 Å². The zero-order valence-electron chi connectivity index (χ0n) is 16.5. The van der Waals surface area contributed by atoms with Gasteiger partial charge in [0.25, 0.3) is 5.91 Å². The Morgan fingerprint density at radius 2 is 1.89 bits per heavy atom. The van der Waals surface area contributed by atoms with E-state index >= 15 is 0 Å². The predicted molar refractivity (Wildman–Crippen MR) is 108 cm³/mol. The highest BCUT2D eigenvalue weighted by Gasteiger charge is 2.26. The molecular formula is C22H30N4O2. The molecule has 1 aromatic rings. The van der Waals surface area contributed by atoms with Crippen LogP contribution in [0.5, 0.6) is 0 Å². The first-order valence-electron chi connectivity index (χ1n) is 10.3. The molecule has 1 amide bonds. The average molecular weight is 383 g/mol. The molecule has 6 heteroatoms. The summed E-state index contributed by atoms with van der Waals surface area (Å²) in [4.78, 5) is 19.1. The summed E-state index contributed by atoms with van der Waals surface area (Å²) in [6, 6.07) is 12.7. The van der Waals surface area contributed by atoms with Gasteiger partial charge in [-0.05, 0) is 31.2 Å². The minimum absolute atomic E-state index is 0.133. The van der Waals surface area contributed by atoms with Crippen molar-refractivity contribution in [2.45, 2.75) is 38.3 Å². The van der Waals surface area contributed by atoms with Crippen LogP contribution in [0.15, 0.2) is 42.1 Å². The monoisotopic (exact) mass is 382 g/mol. The van der Waals surface area contributed by atoms with Gasteiger partial charge in [0.15, 0.2) is 0 Å². The molecule has 1 N–H and O–H groups in total. The SMILES string of the molecule is N#C/C(=C/N1CCCCC1CCO)C(=O)N1CCN(Cc2ccccc2)CC1. The Morgan fingerprint density at radius 3 is 2.57 bits per heavy atom. The second kappa shape index (κ2) is 10.3. The van der Waals surface area contributed by atoms with E-state index in [4.69, 9.17) is 0 Å². The van der Waals surface area contributed by atoms with Crippen molar-refractivity contribution in [3.8, 4) is 6.07 Å². The lowest BCUT2D eigenvalue weighted by Crippen LogP contribution is -2.48. The molecule has 0 aromatic heterocycles. The summed E-state index contributed by atoms with van der Waals surface area (Å²) in [5, 5.41) is 18.8. The fraction of sp³-hybridized carbons (Fsp3) is 0.545. The maximum atomic E-state index is 12.9. The first kappa shape index (κ1) is 20.4. The van der Waals surface area contributed by atoms with Crippen molar-refractivity contribution >= 4 is 5.91 Å². The number of benzene rings is 1. The van der Waals surface area contributed by atoms with Gasteiger partial charge in [-0.25, -0.2) is 0 Å². The van der Waals surface area contributed by atoms with Crippen molar-refractivity contribution in [3.05, 3.63) is 47.7 Å². The zero-order valence-corrected chi connectivity index (χ0v) is 16.5. The summed E-state index contributed by atoms with van der Waals surface area (Å²) in [6.07, 6.45) is 5.61. The number of rotatable bonds is 6. The quantitative estimate of drug-likeness (QED) is 0.602. The molecular weight excluding hydrogens is 352 g/mol. The molecule has 1 aromatic carbocycles. The van der Waals surface area contributed by atoms with Gasteiger partial charge in [-0.15, -0.1) is 0 Å². The van der Waals surface area contributed by atoms with E-state index in [0.29, 0.717) is 19.5 Å². The Hall–Kier alpha value is -2.36. The molecule has 1 unspecified atom stereocenters. The van der Waals surface area contributed by atoms with E-state index in [1.807, 2.05) is 18.2 Å². The van der Waals surface area contributed by atoms with E-state index in [1.165, 1.54) is 5.56 Å². The number of amides is 1. The predicted octanol–water partition coefficient (Wildman–Crippen LogP) is 1.98. The number of aliphatic hydroxyl groups excluding tert-OH is 1. The second-order valence-corrected chi connectivity index (χ2v) is 7.61. The molecule has 0 bridgehead atoms. The third-order valence-corrected chi connectivity index (χ3v) is 5.69. The minimum Gasteiger partial charge on any atom is -0.396 e. The number of piperazine rings is 1. The van der Waals surface area contributed by atoms with Crippen LogP contribution < -0.4 is 0 Å². The number of carbonyl (C=O) groups is 1. The summed E-state index contributed by atoms with van der Waals surface area (Å²) >= 11 is 0. The van der Waals surface area contributed by atoms with Gasteiger partial charge in [-0.3, -0.25) is 9.69 Å². The van der Waals surface area contributed by atoms with E-state index in [0.717, 1.165) is 45.4 Å². The number of nitrogens with zero attached hydrogens (tertiary/aromatic N) is 4. The standard InChI is InChI=1S/C22H30N4O2/c23-16-20(18-26-10-5-4-8-21(26)9-15-27)22(28)25-13-11-24(12-14-25)17-19-6-2-1-3-7-19/h1-3,6-7,18,21,27H,4-5,8-15,17H2/b20-18-. The van der Waals surface area contributed by atoms with E-state index < -0.39 is 0 Å². The number of likely N-dealkylation sites (tertiary alicyclic amines) is 1. The van der Waals surface area contributed by atoms with Crippen molar-refractivity contribution in [1.82, 2.24) is 14.7 Å². The lowest BCUT2D eigenvalue weighted by atomic mass is 10.00. The van der Waals surface area contributed by atoms with Gasteiger partial charge in [0.05, 0.1) is 0 Å². The molecule has 2 aliphatic rings. The molecule has 0 aliphatic carbocycles. The lowest BCUT2D eigenvalue weighted by molar-refractivity contribution is -0.128. The summed E-state index contributed by atoms with van der Waals surface area (Å²) in [5.74, 6) is -0.171. The third-order valence-electron chi connectivity index (χ3n) is 5.69. The Balaban J connectivity index is 1.57. The second-order valence-electron chi connectivity index (χ2n) is 7.61. The largest absolute Gasteiger partial charge is 0.396 e. The summed E-state index contributed by atoms with van der Waals surface area (Å²) in [5.41, 5.74) is 1.49. The molecule has 1 atom stereocenters. The van der Waals surface area contributed by atoms with Crippen molar-refractivity contribution in [2.75, 3.05) is 39.3 Å². The number of carbonyl (C=O) groups excluding carboxylic acids is 1. The Bertz CT molecular complexity index is 703. The zero-order chi connectivity index (χ0) is 19.8. The number of piperidine rings is 1. The molecule has 0 radical (unpaired) electrons. The first-order chi connectivity index (χ1) is 13.7. The van der Waals surface area contributed by atoms with Crippen molar-refractivity contribution in [2.24, 2.45) is 0 Å². The summed E-state index contributed by atoms with van der Waals surface area (Å²) in [6.45, 7) is 4.78. The highest BCUT2D eigenvalue weighted by Crippen LogP contribution is 2.21. The van der Waals surface area contributed by atoms with Crippen LogP contribution >= 0.6 is 0 Å². The lowest BCUT2D eigenvalue weighted by Gasteiger charge is -2.36. The van der Waals surface area contributed by atoms with Crippen LogP contribution in [0.3, 0.4) is 0 Å². The minimum atomic E-state index is -0.171. The van der Waals surface area contributed by atoms with E-state index in [2.05, 4.69) is 28.0 Å². The fourth-order valence-corrected chi connectivity index (χ4v) is 4.07. The average Bonchev–Trinajstić information content (AvgIpc) is 2.74. The van der Waals surface area contributed by atoms with Crippen LogP contribution in [0, 0.1) is 11.3 Å². The molecule has 0 spiro atoms. The van der Waals surface area contributed by atoms with Crippen LogP contribution in [0.2, 0.25) is 0 Å². The molecule has 2 heterocycles. The van der Waals surface area contributed by atoms with Crippen LogP contribution in [-0.2, 0) is 11.3 Å². The highest BCUT2D eigenvalue weighted by molar-refractivity contribution is 5.97. The summed E-state index contributed by atoms with van der Waals surface area (Å²) in [7, 11) is 0. The molecule has 0 saturated carbocycles. The molecule has 150 valence electrons. The van der Waals surface area contributed by atoms with Crippen LogP contribution in [0.1, 0.15) is 31.2 Å². The molecule has 3 rings (SSSR count). The molecule has 6 nitrogen and oxygen atoms in total. The molecule has 28 heavy (non-hydrogen) atoms. The van der Waals surface area contributed by atoms with Crippen LogP contribution in [0.25, 0.3) is 0 Å². The van der Waals surface area contributed by atoms with Crippen molar-refractivity contribution in [1.29, 1.82) is 5.26 Å². The number of aliphatic hydroxyl groups is 1. The Kier molecular flexibility index (Phi) is 7.46. The topological polar surface area (TPSA) is 70.8 Å². The fourth-order valence-electron chi connectivity index (χ4n) is 4.07. The van der Waals surface area contributed by atoms with Gasteiger partial charge in [0.1, 0.15) is 11.6 Å². The molecule has 2 aliphatic heterocycles. The van der Waals surface area contributed by atoms with Gasteiger partial charge >= 0.3 is 0 Å². The summed E-state index contributed by atoms with van der Waals surface area (Å²) < 4.78 is 0. The first-order valence-corrected chi connectivity index (χ1v) is 10.3. The number of nitriles is 1. The number of hydrogen-bond donors (Lipinski definition) is 1. The van der Waals surface area contributed by atoms with Crippen molar-refractivity contribution in [3.63, 3.8) is 0 Å². The number of hydrogen-bond acceptors (Lipinski definition) is 5. The Labute approximate surface area is 167 Å². The maximum Gasteiger partial charge on any atom is 0.266 e. The van der Waals surface area contributed by atoms with Gasteiger partial charge < -0.3 is 14.9 Å². The molecule has 2 saturated heterocycles. The van der Waals surface area contributed by atoms with Crippen LogP contribution in [-0.4, -0.2) is 71.1 Å². The Morgan fingerprint density at radius 1 is 1.14 bits per heavy atom. The van der Waals surface area contributed by atoms with Gasteiger partial charge in [-0.2, -0.15) is 5.26 Å². The van der Waals surface area contributed by atoms with E-state index in [9.17, 15) is 15.2 Å². The maximum absolute atomic E-state index is 12.9. The highest BCUT2D eigenvalue weighted by atomic mass is 16.3. The van der Waals surface area contributed by atoms with Crippen molar-refractivity contribution < 1.29 is 9.90 Å². The van der Waals surface area contributed by atoms with E-state index in [-0.39, 0.29) is 24.1 Å². The molecule has 2 fully saturated rings. The van der Waals surface area contributed by atoms with E-state index in [1.54, 1.807) is 11.1 Å². The normalized spacial score (nSPS) is 21.4. The third kappa shape index (κ3) is 5.34.